The van der Waals surface area contributed by atoms with Crippen molar-refractivity contribution in [3.05, 3.63) is 59.6 Å². The van der Waals surface area contributed by atoms with Crippen LogP contribution in [-0.4, -0.2) is 18.3 Å². The van der Waals surface area contributed by atoms with E-state index in [0.29, 0.717) is 17.3 Å². The van der Waals surface area contributed by atoms with Crippen molar-refractivity contribution >= 4 is 35.1 Å². The van der Waals surface area contributed by atoms with Gasteiger partial charge in [-0.25, -0.2) is 4.79 Å². The van der Waals surface area contributed by atoms with Crippen LogP contribution in [-0.2, 0) is 0 Å². The first-order valence-electron chi connectivity index (χ1n) is 6.73. The normalized spacial score (nSPS) is 10.1. The second-order valence-corrected chi connectivity index (χ2v) is 5.95. The number of hydrogen-bond acceptors (Lipinski definition) is 2. The quantitative estimate of drug-likeness (QED) is 0.601. The van der Waals surface area contributed by atoms with E-state index in [1.807, 2.05) is 30.3 Å². The molecular formula is C16H17ClN2OS. The Morgan fingerprint density at radius 3 is 2.52 bits per heavy atom. The molecule has 0 aliphatic heterocycles. The number of urea groups is 1. The van der Waals surface area contributed by atoms with Crippen LogP contribution in [0.1, 0.15) is 6.42 Å². The zero-order chi connectivity index (χ0) is 14.9. The van der Waals surface area contributed by atoms with Gasteiger partial charge in [-0.1, -0.05) is 41.9 Å². The van der Waals surface area contributed by atoms with Gasteiger partial charge in [-0.2, -0.15) is 0 Å². The highest BCUT2D eigenvalue weighted by atomic mass is 35.5. The summed E-state index contributed by atoms with van der Waals surface area (Å²) in [7, 11) is 0. The minimum Gasteiger partial charge on any atom is -0.338 e. The third kappa shape index (κ3) is 5.69. The lowest BCUT2D eigenvalue weighted by Gasteiger charge is -2.08. The number of nitrogens with one attached hydrogen (secondary N) is 2. The summed E-state index contributed by atoms with van der Waals surface area (Å²) in [5.41, 5.74) is 0.621. The molecule has 0 fully saturated rings. The Bertz CT molecular complexity index is 577. The standard InChI is InChI=1S/C16H17ClN2OS/c17-14-9-4-5-10-15(14)19-16(20)18-11-6-12-21-13-7-2-1-3-8-13/h1-5,7-10H,6,11-12H2,(H2,18,19,20). The second kappa shape index (κ2) is 8.60. The molecule has 2 rings (SSSR count). The lowest BCUT2D eigenvalue weighted by molar-refractivity contribution is 0.252. The molecule has 2 N–H and O–H groups in total. The van der Waals surface area contributed by atoms with E-state index >= 15 is 0 Å². The zero-order valence-corrected chi connectivity index (χ0v) is 13.1. The maximum atomic E-state index is 11.7. The number of anilines is 1. The van der Waals surface area contributed by atoms with Crippen LogP contribution in [0.3, 0.4) is 0 Å². The highest BCUT2D eigenvalue weighted by Crippen LogP contribution is 2.20. The van der Waals surface area contributed by atoms with E-state index in [0.717, 1.165) is 12.2 Å². The van der Waals surface area contributed by atoms with Crippen molar-refractivity contribution in [3.63, 3.8) is 0 Å². The van der Waals surface area contributed by atoms with E-state index in [1.54, 1.807) is 23.9 Å². The van der Waals surface area contributed by atoms with E-state index in [4.69, 9.17) is 11.6 Å². The molecule has 2 amide bonds. The average molecular weight is 321 g/mol. The Balaban J connectivity index is 1.63. The van der Waals surface area contributed by atoms with Gasteiger partial charge in [0, 0.05) is 11.4 Å². The minimum absolute atomic E-state index is 0.229. The molecule has 21 heavy (non-hydrogen) atoms. The van der Waals surface area contributed by atoms with E-state index < -0.39 is 0 Å². The van der Waals surface area contributed by atoms with Crippen molar-refractivity contribution in [2.75, 3.05) is 17.6 Å². The Hall–Kier alpha value is -1.65. The Morgan fingerprint density at radius 2 is 1.76 bits per heavy atom. The molecule has 2 aromatic rings. The Labute approximate surface area is 134 Å². The number of rotatable bonds is 6. The Kier molecular flexibility index (Phi) is 6.44. The summed E-state index contributed by atoms with van der Waals surface area (Å²) in [5, 5.41) is 6.09. The second-order valence-electron chi connectivity index (χ2n) is 4.38. The van der Waals surface area contributed by atoms with E-state index in [9.17, 15) is 4.79 Å². The lowest BCUT2D eigenvalue weighted by Crippen LogP contribution is -2.29. The molecule has 0 heterocycles. The van der Waals surface area contributed by atoms with Crippen LogP contribution in [0.25, 0.3) is 0 Å². The molecule has 2 aromatic carbocycles. The number of amides is 2. The van der Waals surface area contributed by atoms with Gasteiger partial charge in [-0.15, -0.1) is 11.8 Å². The summed E-state index contributed by atoms with van der Waals surface area (Å²) < 4.78 is 0. The number of para-hydroxylation sites is 1. The van der Waals surface area contributed by atoms with Crippen LogP contribution in [0, 0.1) is 0 Å². The summed E-state index contributed by atoms with van der Waals surface area (Å²) in [6, 6.07) is 17.2. The topological polar surface area (TPSA) is 41.1 Å². The first-order chi connectivity index (χ1) is 10.3. The first kappa shape index (κ1) is 15.7. The van der Waals surface area contributed by atoms with Crippen molar-refractivity contribution in [2.45, 2.75) is 11.3 Å². The molecule has 0 spiro atoms. The highest BCUT2D eigenvalue weighted by Gasteiger charge is 2.03. The van der Waals surface area contributed by atoms with Gasteiger partial charge in [0.1, 0.15) is 0 Å². The molecule has 0 aliphatic rings. The van der Waals surface area contributed by atoms with E-state index in [-0.39, 0.29) is 6.03 Å². The molecule has 0 unspecified atom stereocenters. The van der Waals surface area contributed by atoms with Crippen molar-refractivity contribution in [3.8, 4) is 0 Å². The maximum absolute atomic E-state index is 11.7. The third-order valence-electron chi connectivity index (χ3n) is 2.74. The average Bonchev–Trinajstić information content (AvgIpc) is 2.50. The maximum Gasteiger partial charge on any atom is 0.319 e. The number of hydrogen-bond donors (Lipinski definition) is 2. The summed E-state index contributed by atoms with van der Waals surface area (Å²) in [5.74, 6) is 0.969. The minimum atomic E-state index is -0.229. The van der Waals surface area contributed by atoms with Gasteiger partial charge in [0.15, 0.2) is 0 Å². The number of carbonyl (C=O) groups excluding carboxylic acids is 1. The van der Waals surface area contributed by atoms with Crippen molar-refractivity contribution < 1.29 is 4.79 Å². The van der Waals surface area contributed by atoms with Crippen molar-refractivity contribution in [1.82, 2.24) is 5.32 Å². The summed E-state index contributed by atoms with van der Waals surface area (Å²) in [4.78, 5) is 13.0. The molecule has 3 nitrogen and oxygen atoms in total. The van der Waals surface area contributed by atoms with E-state index in [2.05, 4.69) is 22.8 Å². The van der Waals surface area contributed by atoms with E-state index in [1.165, 1.54) is 4.90 Å². The predicted molar refractivity (Wildman–Crippen MR) is 90.3 cm³/mol. The highest BCUT2D eigenvalue weighted by molar-refractivity contribution is 7.99. The van der Waals surface area contributed by atoms with Gasteiger partial charge < -0.3 is 10.6 Å². The molecule has 5 heteroatoms. The SMILES string of the molecule is O=C(NCCCSc1ccccc1)Nc1ccccc1Cl. The van der Waals surface area contributed by atoms with Gasteiger partial charge in [0.2, 0.25) is 0 Å². The molecule has 0 atom stereocenters. The largest absolute Gasteiger partial charge is 0.338 e. The number of thioether (sulfide) groups is 1. The van der Waals surface area contributed by atoms with Crippen LogP contribution >= 0.6 is 23.4 Å². The fourth-order valence-corrected chi connectivity index (χ4v) is 2.77. The molecular weight excluding hydrogens is 304 g/mol. The summed E-state index contributed by atoms with van der Waals surface area (Å²) >= 11 is 7.76. The number of carbonyl (C=O) groups is 1. The fourth-order valence-electron chi connectivity index (χ4n) is 1.71. The first-order valence-corrected chi connectivity index (χ1v) is 8.09. The van der Waals surface area contributed by atoms with Crippen LogP contribution in [0.5, 0.6) is 0 Å². The molecule has 0 saturated carbocycles. The summed E-state index contributed by atoms with van der Waals surface area (Å²) in [6.07, 6.45) is 0.912. The molecule has 110 valence electrons. The lowest BCUT2D eigenvalue weighted by atomic mass is 10.3. The monoisotopic (exact) mass is 320 g/mol. The van der Waals surface area contributed by atoms with Crippen LogP contribution < -0.4 is 10.6 Å². The predicted octanol–water partition coefficient (Wildman–Crippen LogP) is 4.64. The van der Waals surface area contributed by atoms with Crippen LogP contribution in [0.15, 0.2) is 59.5 Å². The zero-order valence-electron chi connectivity index (χ0n) is 11.5. The molecule has 0 saturated heterocycles. The van der Waals surface area contributed by atoms with Crippen molar-refractivity contribution in [1.29, 1.82) is 0 Å². The number of benzene rings is 2. The smallest absolute Gasteiger partial charge is 0.319 e. The summed E-state index contributed by atoms with van der Waals surface area (Å²) in [6.45, 7) is 0.635. The van der Waals surface area contributed by atoms with Gasteiger partial charge in [-0.3, -0.25) is 0 Å². The molecule has 0 aliphatic carbocycles. The Morgan fingerprint density at radius 1 is 1.05 bits per heavy atom. The van der Waals surface area contributed by atoms with Gasteiger partial charge in [0.05, 0.1) is 10.7 Å². The third-order valence-corrected chi connectivity index (χ3v) is 4.17. The molecule has 0 bridgehead atoms. The number of halogens is 1. The van der Waals surface area contributed by atoms with Gasteiger partial charge in [0.25, 0.3) is 0 Å². The molecule has 0 aromatic heterocycles. The van der Waals surface area contributed by atoms with Gasteiger partial charge >= 0.3 is 6.03 Å². The molecule has 0 radical (unpaired) electrons. The van der Waals surface area contributed by atoms with Crippen LogP contribution in [0.2, 0.25) is 5.02 Å². The van der Waals surface area contributed by atoms with Crippen LogP contribution in [0.4, 0.5) is 10.5 Å². The fraction of sp³-hybridized carbons (Fsp3) is 0.188. The van der Waals surface area contributed by atoms with Gasteiger partial charge in [-0.05, 0) is 36.4 Å². The van der Waals surface area contributed by atoms with Crippen molar-refractivity contribution in [2.24, 2.45) is 0 Å².